The van der Waals surface area contributed by atoms with Gasteiger partial charge in [0.2, 0.25) is 0 Å². The van der Waals surface area contributed by atoms with Crippen LogP contribution in [0.2, 0.25) is 0 Å². The van der Waals surface area contributed by atoms with Crippen LogP contribution in [0.3, 0.4) is 0 Å². The van der Waals surface area contributed by atoms with Gasteiger partial charge < -0.3 is 11.5 Å². The monoisotopic (exact) mass is 270 g/mol. The second kappa shape index (κ2) is 5.05. The third-order valence-corrected chi connectivity index (χ3v) is 3.70. The Morgan fingerprint density at radius 3 is 2.74 bits per heavy atom. The Morgan fingerprint density at radius 2 is 2.00 bits per heavy atom. The second-order valence-corrected chi connectivity index (χ2v) is 5.08. The molecule has 0 saturated carbocycles. The Bertz CT molecular complexity index is 694. The lowest BCUT2D eigenvalue weighted by Gasteiger charge is -2.12. The van der Waals surface area contributed by atoms with Gasteiger partial charge in [-0.2, -0.15) is 11.3 Å². The molecule has 0 fully saturated rings. The van der Waals surface area contributed by atoms with Crippen molar-refractivity contribution >= 4 is 22.2 Å². The number of hydrogen-bond donors (Lipinski definition) is 2. The summed E-state index contributed by atoms with van der Waals surface area (Å²) in [5.74, 6) is 0.707. The molecule has 0 radical (unpaired) electrons. The Morgan fingerprint density at radius 1 is 1.16 bits per heavy atom. The van der Waals surface area contributed by atoms with Crippen LogP contribution in [0.4, 0.5) is 0 Å². The average molecular weight is 270 g/mol. The fourth-order valence-electron chi connectivity index (χ4n) is 2.02. The second-order valence-electron chi connectivity index (χ2n) is 4.30. The first-order valence-electron chi connectivity index (χ1n) is 6.04. The standard InChI is InChI=1S/C14H14N4S/c15-7-11(16)13-10-3-1-2-4-12(10)17-14(18-13)9-5-6-19-8-9/h1-6,8,11H,7,15-16H2. The van der Waals surface area contributed by atoms with Crippen molar-refractivity contribution in [2.45, 2.75) is 6.04 Å². The molecule has 4 nitrogen and oxygen atoms in total. The van der Waals surface area contributed by atoms with Gasteiger partial charge in [0.15, 0.2) is 5.82 Å². The maximum absolute atomic E-state index is 6.07. The van der Waals surface area contributed by atoms with Crippen molar-refractivity contribution < 1.29 is 0 Å². The third-order valence-electron chi connectivity index (χ3n) is 3.02. The van der Waals surface area contributed by atoms with E-state index in [1.165, 1.54) is 0 Å². The number of benzene rings is 1. The molecule has 3 rings (SSSR count). The van der Waals surface area contributed by atoms with Crippen molar-refractivity contribution in [1.82, 2.24) is 9.97 Å². The first kappa shape index (κ1) is 12.2. The van der Waals surface area contributed by atoms with E-state index in [-0.39, 0.29) is 6.04 Å². The van der Waals surface area contributed by atoms with Crippen molar-refractivity contribution in [2.75, 3.05) is 6.54 Å². The van der Waals surface area contributed by atoms with E-state index < -0.39 is 0 Å². The summed E-state index contributed by atoms with van der Waals surface area (Å²) in [7, 11) is 0. The summed E-state index contributed by atoms with van der Waals surface area (Å²) in [6, 6.07) is 9.61. The van der Waals surface area contributed by atoms with E-state index in [1.54, 1.807) is 11.3 Å². The molecule has 0 bridgehead atoms. The van der Waals surface area contributed by atoms with Crippen LogP contribution in [-0.2, 0) is 0 Å². The Hall–Kier alpha value is -1.82. The Balaban J connectivity index is 2.26. The molecule has 1 atom stereocenters. The number of nitrogens with two attached hydrogens (primary N) is 2. The van der Waals surface area contributed by atoms with Crippen LogP contribution in [0.15, 0.2) is 41.1 Å². The SMILES string of the molecule is NCC(N)c1nc(-c2ccsc2)nc2ccccc12. The summed E-state index contributed by atoms with van der Waals surface area (Å²) < 4.78 is 0. The Labute approximate surface area is 115 Å². The van der Waals surface area contributed by atoms with Crippen molar-refractivity contribution in [3.8, 4) is 11.4 Å². The zero-order valence-electron chi connectivity index (χ0n) is 10.3. The molecule has 96 valence electrons. The minimum absolute atomic E-state index is 0.273. The number of aromatic nitrogens is 2. The molecule has 2 heterocycles. The van der Waals surface area contributed by atoms with Gasteiger partial charge in [-0.15, -0.1) is 0 Å². The largest absolute Gasteiger partial charge is 0.329 e. The molecule has 0 aliphatic heterocycles. The Kier molecular flexibility index (Phi) is 3.25. The zero-order chi connectivity index (χ0) is 13.2. The molecule has 0 aliphatic rings. The molecule has 0 spiro atoms. The van der Waals surface area contributed by atoms with Gasteiger partial charge in [-0.3, -0.25) is 0 Å². The minimum Gasteiger partial charge on any atom is -0.329 e. The van der Waals surface area contributed by atoms with Gasteiger partial charge in [0, 0.05) is 22.9 Å². The lowest BCUT2D eigenvalue weighted by Crippen LogP contribution is -2.22. The number of fused-ring (bicyclic) bond motifs is 1. The molecular formula is C14H14N4S. The van der Waals surface area contributed by atoms with E-state index in [4.69, 9.17) is 11.5 Å². The quantitative estimate of drug-likeness (QED) is 0.765. The van der Waals surface area contributed by atoms with Gasteiger partial charge in [-0.05, 0) is 17.5 Å². The number of rotatable bonds is 3. The lowest BCUT2D eigenvalue weighted by molar-refractivity contribution is 0.717. The molecule has 0 saturated heterocycles. The van der Waals surface area contributed by atoms with Crippen molar-refractivity contribution in [2.24, 2.45) is 11.5 Å². The summed E-state index contributed by atoms with van der Waals surface area (Å²) in [6.07, 6.45) is 0. The molecule has 1 unspecified atom stereocenters. The van der Waals surface area contributed by atoms with Crippen LogP contribution in [0.25, 0.3) is 22.3 Å². The van der Waals surface area contributed by atoms with Crippen molar-refractivity contribution in [3.63, 3.8) is 0 Å². The van der Waals surface area contributed by atoms with Crippen molar-refractivity contribution in [1.29, 1.82) is 0 Å². The maximum Gasteiger partial charge on any atom is 0.160 e. The van der Waals surface area contributed by atoms with E-state index >= 15 is 0 Å². The van der Waals surface area contributed by atoms with Crippen molar-refractivity contribution in [3.05, 3.63) is 46.8 Å². The predicted molar refractivity (Wildman–Crippen MR) is 78.8 cm³/mol. The molecule has 5 heteroatoms. The van der Waals surface area contributed by atoms with Gasteiger partial charge in [0.05, 0.1) is 17.3 Å². The number of hydrogen-bond acceptors (Lipinski definition) is 5. The average Bonchev–Trinajstić information content (AvgIpc) is 2.99. The molecule has 0 aliphatic carbocycles. The lowest BCUT2D eigenvalue weighted by atomic mass is 10.1. The van der Waals surface area contributed by atoms with E-state index in [0.717, 1.165) is 22.2 Å². The van der Waals surface area contributed by atoms with Crippen LogP contribution >= 0.6 is 11.3 Å². The van der Waals surface area contributed by atoms with Crippen LogP contribution in [0.1, 0.15) is 11.7 Å². The molecule has 3 aromatic rings. The van der Waals surface area contributed by atoms with Gasteiger partial charge in [0.25, 0.3) is 0 Å². The van der Waals surface area contributed by atoms with Gasteiger partial charge >= 0.3 is 0 Å². The fraction of sp³-hybridized carbons (Fsp3) is 0.143. The van der Waals surface area contributed by atoms with Crippen LogP contribution in [-0.4, -0.2) is 16.5 Å². The van der Waals surface area contributed by atoms with Gasteiger partial charge in [-0.25, -0.2) is 9.97 Å². The number of nitrogens with zero attached hydrogens (tertiary/aromatic N) is 2. The summed E-state index contributed by atoms with van der Waals surface area (Å²) >= 11 is 1.62. The topological polar surface area (TPSA) is 77.8 Å². The van der Waals surface area contributed by atoms with E-state index in [0.29, 0.717) is 12.4 Å². The number of thiophene rings is 1. The van der Waals surface area contributed by atoms with E-state index in [1.807, 2.05) is 41.1 Å². The van der Waals surface area contributed by atoms with Crippen LogP contribution in [0.5, 0.6) is 0 Å². The fourth-order valence-corrected chi connectivity index (χ4v) is 2.65. The highest BCUT2D eigenvalue weighted by molar-refractivity contribution is 7.08. The highest BCUT2D eigenvalue weighted by Gasteiger charge is 2.14. The molecule has 0 amide bonds. The third kappa shape index (κ3) is 2.23. The van der Waals surface area contributed by atoms with E-state index in [9.17, 15) is 0 Å². The first-order chi connectivity index (χ1) is 9.29. The molecule has 4 N–H and O–H groups in total. The van der Waals surface area contributed by atoms with Gasteiger partial charge in [-0.1, -0.05) is 18.2 Å². The highest BCUT2D eigenvalue weighted by atomic mass is 32.1. The molecular weight excluding hydrogens is 256 g/mol. The molecule has 2 aromatic heterocycles. The smallest absolute Gasteiger partial charge is 0.160 e. The summed E-state index contributed by atoms with van der Waals surface area (Å²) in [5, 5.41) is 5.01. The normalized spacial score (nSPS) is 12.7. The van der Waals surface area contributed by atoms with Crippen LogP contribution < -0.4 is 11.5 Å². The highest BCUT2D eigenvalue weighted by Crippen LogP contribution is 2.25. The summed E-state index contributed by atoms with van der Waals surface area (Å²) in [6.45, 7) is 0.365. The number of para-hydroxylation sites is 1. The predicted octanol–water partition coefficient (Wildman–Crippen LogP) is 2.32. The summed E-state index contributed by atoms with van der Waals surface area (Å²) in [5.41, 5.74) is 14.5. The minimum atomic E-state index is -0.273. The zero-order valence-corrected chi connectivity index (χ0v) is 11.1. The maximum atomic E-state index is 6.07. The van der Waals surface area contributed by atoms with Gasteiger partial charge in [0.1, 0.15) is 0 Å². The van der Waals surface area contributed by atoms with Crippen LogP contribution in [0, 0.1) is 0 Å². The first-order valence-corrected chi connectivity index (χ1v) is 6.99. The summed E-state index contributed by atoms with van der Waals surface area (Å²) in [4.78, 5) is 9.20. The molecule has 19 heavy (non-hydrogen) atoms. The molecule has 1 aromatic carbocycles. The van der Waals surface area contributed by atoms with E-state index in [2.05, 4.69) is 9.97 Å².